The molecule has 0 radical (unpaired) electrons. The van der Waals surface area contributed by atoms with Crippen molar-refractivity contribution in [2.45, 2.75) is 45.1 Å². The number of nitrogens with zero attached hydrogens (tertiary/aromatic N) is 1. The summed E-state index contributed by atoms with van der Waals surface area (Å²) >= 11 is 0. The number of ether oxygens (including phenoxy) is 1. The second kappa shape index (κ2) is 7.08. The minimum absolute atomic E-state index is 0.178. The Morgan fingerprint density at radius 2 is 1.76 bits per heavy atom. The third kappa shape index (κ3) is 3.29. The van der Waals surface area contributed by atoms with Gasteiger partial charge in [-0.3, -0.25) is 4.79 Å². The smallest absolute Gasteiger partial charge is 0.225 e. The maximum absolute atomic E-state index is 12.5. The quantitative estimate of drug-likeness (QED) is 0.829. The first-order valence-electron chi connectivity index (χ1n) is 8.06. The first-order chi connectivity index (χ1) is 10.2. The molecule has 0 aliphatic carbocycles. The standard InChI is InChI=1S/C18H27NO2/c1-4-15(5-2)17(20)19-13-11-18(21-3,12-14-19)16-9-7-6-8-10-16/h6-10,15H,4-5,11-14H2,1-3H3. The summed E-state index contributed by atoms with van der Waals surface area (Å²) in [4.78, 5) is 14.5. The lowest BCUT2D eigenvalue weighted by molar-refractivity contribution is -0.141. The number of methoxy groups -OCH3 is 1. The van der Waals surface area contributed by atoms with Crippen LogP contribution in [0.15, 0.2) is 30.3 Å². The molecule has 116 valence electrons. The molecule has 0 N–H and O–H groups in total. The normalized spacial score (nSPS) is 18.0. The molecule has 0 saturated carbocycles. The maximum Gasteiger partial charge on any atom is 0.225 e. The topological polar surface area (TPSA) is 29.5 Å². The summed E-state index contributed by atoms with van der Waals surface area (Å²) in [7, 11) is 1.78. The van der Waals surface area contributed by atoms with Crippen molar-refractivity contribution in [1.82, 2.24) is 4.90 Å². The van der Waals surface area contributed by atoms with Crippen LogP contribution in [0.2, 0.25) is 0 Å². The molecule has 3 nitrogen and oxygen atoms in total. The van der Waals surface area contributed by atoms with E-state index in [-0.39, 0.29) is 11.5 Å². The molecule has 1 aromatic carbocycles. The number of hydrogen-bond donors (Lipinski definition) is 0. The van der Waals surface area contributed by atoms with Crippen LogP contribution in [0.5, 0.6) is 0 Å². The maximum atomic E-state index is 12.5. The second-order valence-corrected chi connectivity index (χ2v) is 5.90. The number of piperidine rings is 1. The fourth-order valence-corrected chi connectivity index (χ4v) is 3.34. The molecule has 0 aromatic heterocycles. The van der Waals surface area contributed by atoms with Gasteiger partial charge in [0.2, 0.25) is 5.91 Å². The molecule has 0 spiro atoms. The van der Waals surface area contributed by atoms with Crippen molar-refractivity contribution in [2.75, 3.05) is 20.2 Å². The van der Waals surface area contributed by atoms with E-state index in [4.69, 9.17) is 4.74 Å². The lowest BCUT2D eigenvalue weighted by Gasteiger charge is -2.42. The van der Waals surface area contributed by atoms with Gasteiger partial charge in [-0.15, -0.1) is 0 Å². The Kier molecular flexibility index (Phi) is 5.40. The van der Waals surface area contributed by atoms with Crippen molar-refractivity contribution in [2.24, 2.45) is 5.92 Å². The molecule has 1 aromatic rings. The molecule has 3 heteroatoms. The van der Waals surface area contributed by atoms with E-state index in [0.29, 0.717) is 5.91 Å². The Hall–Kier alpha value is -1.35. The van der Waals surface area contributed by atoms with Gasteiger partial charge in [-0.05, 0) is 31.2 Å². The van der Waals surface area contributed by atoms with Gasteiger partial charge < -0.3 is 9.64 Å². The Bertz CT molecular complexity index is 446. The van der Waals surface area contributed by atoms with Gasteiger partial charge in [-0.2, -0.15) is 0 Å². The van der Waals surface area contributed by atoms with Gasteiger partial charge in [0.05, 0.1) is 5.60 Å². The van der Waals surface area contributed by atoms with Crippen LogP contribution >= 0.6 is 0 Å². The molecular formula is C18H27NO2. The van der Waals surface area contributed by atoms with E-state index in [1.54, 1.807) is 7.11 Å². The van der Waals surface area contributed by atoms with Crippen LogP contribution in [0.3, 0.4) is 0 Å². The number of carbonyl (C=O) groups is 1. The van der Waals surface area contributed by atoms with Crippen molar-refractivity contribution >= 4 is 5.91 Å². The SMILES string of the molecule is CCC(CC)C(=O)N1CCC(OC)(c2ccccc2)CC1. The highest BCUT2D eigenvalue weighted by Gasteiger charge is 2.38. The van der Waals surface area contributed by atoms with Crippen molar-refractivity contribution < 1.29 is 9.53 Å². The first kappa shape index (κ1) is 16.0. The third-order valence-electron chi connectivity index (χ3n) is 4.91. The summed E-state index contributed by atoms with van der Waals surface area (Å²) < 4.78 is 5.87. The molecule has 1 aliphatic heterocycles. The van der Waals surface area contributed by atoms with Crippen LogP contribution in [0, 0.1) is 5.92 Å². The lowest BCUT2D eigenvalue weighted by Crippen LogP contribution is -2.47. The fraction of sp³-hybridized carbons (Fsp3) is 0.611. The average molecular weight is 289 g/mol. The summed E-state index contributed by atoms with van der Waals surface area (Å²) in [6.45, 7) is 5.77. The largest absolute Gasteiger partial charge is 0.373 e. The minimum atomic E-state index is -0.230. The van der Waals surface area contributed by atoms with E-state index in [1.807, 2.05) is 11.0 Å². The summed E-state index contributed by atoms with van der Waals surface area (Å²) in [6.07, 6.45) is 3.61. The highest BCUT2D eigenvalue weighted by atomic mass is 16.5. The highest BCUT2D eigenvalue weighted by molar-refractivity contribution is 5.78. The van der Waals surface area contributed by atoms with Crippen molar-refractivity contribution in [3.63, 3.8) is 0 Å². The number of rotatable bonds is 5. The summed E-state index contributed by atoms with van der Waals surface area (Å²) in [5.74, 6) is 0.495. The van der Waals surface area contributed by atoms with E-state index < -0.39 is 0 Å². The van der Waals surface area contributed by atoms with E-state index >= 15 is 0 Å². The van der Waals surface area contributed by atoms with Crippen LogP contribution in [-0.4, -0.2) is 31.0 Å². The Morgan fingerprint density at radius 3 is 2.24 bits per heavy atom. The van der Waals surface area contributed by atoms with Crippen LogP contribution < -0.4 is 0 Å². The van der Waals surface area contributed by atoms with Crippen LogP contribution in [-0.2, 0) is 15.1 Å². The van der Waals surface area contributed by atoms with Crippen molar-refractivity contribution in [3.8, 4) is 0 Å². The highest BCUT2D eigenvalue weighted by Crippen LogP contribution is 2.36. The lowest BCUT2D eigenvalue weighted by atomic mass is 9.83. The zero-order valence-corrected chi connectivity index (χ0v) is 13.5. The monoisotopic (exact) mass is 289 g/mol. The molecule has 0 bridgehead atoms. The third-order valence-corrected chi connectivity index (χ3v) is 4.91. The molecular weight excluding hydrogens is 262 g/mol. The van der Waals surface area contributed by atoms with E-state index in [9.17, 15) is 4.79 Å². The average Bonchev–Trinajstić information content (AvgIpc) is 2.56. The van der Waals surface area contributed by atoms with Gasteiger partial charge in [0, 0.05) is 26.1 Å². The zero-order valence-electron chi connectivity index (χ0n) is 13.5. The number of benzene rings is 1. The van der Waals surface area contributed by atoms with Gasteiger partial charge in [0.15, 0.2) is 0 Å². The summed E-state index contributed by atoms with van der Waals surface area (Å²) in [5.41, 5.74) is 0.994. The molecule has 21 heavy (non-hydrogen) atoms. The second-order valence-electron chi connectivity index (χ2n) is 5.90. The van der Waals surface area contributed by atoms with Gasteiger partial charge >= 0.3 is 0 Å². The van der Waals surface area contributed by atoms with Gasteiger partial charge in [0.25, 0.3) is 0 Å². The summed E-state index contributed by atoms with van der Waals surface area (Å²) in [6, 6.07) is 10.4. The number of likely N-dealkylation sites (tertiary alicyclic amines) is 1. The van der Waals surface area contributed by atoms with Gasteiger partial charge in [0.1, 0.15) is 0 Å². The Labute approximate surface area is 128 Å². The Balaban J connectivity index is 2.06. The molecule has 1 aliphatic rings. The minimum Gasteiger partial charge on any atom is -0.373 e. The van der Waals surface area contributed by atoms with Gasteiger partial charge in [-0.25, -0.2) is 0 Å². The number of hydrogen-bond acceptors (Lipinski definition) is 2. The summed E-state index contributed by atoms with van der Waals surface area (Å²) in [5, 5.41) is 0. The van der Waals surface area contributed by atoms with E-state index in [0.717, 1.165) is 38.8 Å². The molecule has 1 fully saturated rings. The molecule has 2 rings (SSSR count). The fourth-order valence-electron chi connectivity index (χ4n) is 3.34. The number of amides is 1. The van der Waals surface area contributed by atoms with Crippen molar-refractivity contribution in [3.05, 3.63) is 35.9 Å². The number of carbonyl (C=O) groups excluding carboxylic acids is 1. The Morgan fingerprint density at radius 1 is 1.19 bits per heavy atom. The first-order valence-corrected chi connectivity index (χ1v) is 8.06. The zero-order chi connectivity index (χ0) is 15.3. The molecule has 1 amide bonds. The van der Waals surface area contributed by atoms with E-state index in [1.165, 1.54) is 5.56 Å². The molecule has 0 atom stereocenters. The van der Waals surface area contributed by atoms with Crippen molar-refractivity contribution in [1.29, 1.82) is 0 Å². The molecule has 1 saturated heterocycles. The van der Waals surface area contributed by atoms with Crippen LogP contribution in [0.4, 0.5) is 0 Å². The van der Waals surface area contributed by atoms with Crippen LogP contribution in [0.1, 0.15) is 45.1 Å². The molecule has 0 unspecified atom stereocenters. The predicted octanol–water partition coefficient (Wildman–Crippen LogP) is 3.59. The predicted molar refractivity (Wildman–Crippen MR) is 85.0 cm³/mol. The van der Waals surface area contributed by atoms with E-state index in [2.05, 4.69) is 38.1 Å². The van der Waals surface area contributed by atoms with Gasteiger partial charge in [-0.1, -0.05) is 44.2 Å². The van der Waals surface area contributed by atoms with Crippen LogP contribution in [0.25, 0.3) is 0 Å². The molecule has 1 heterocycles.